The van der Waals surface area contributed by atoms with Gasteiger partial charge in [-0.3, -0.25) is 9.59 Å². The summed E-state index contributed by atoms with van der Waals surface area (Å²) in [5, 5.41) is 4.23. The summed E-state index contributed by atoms with van der Waals surface area (Å²) >= 11 is 12.1. The van der Waals surface area contributed by atoms with Crippen LogP contribution in [0.5, 0.6) is 0 Å². The zero-order chi connectivity index (χ0) is 24.4. The van der Waals surface area contributed by atoms with Gasteiger partial charge in [-0.25, -0.2) is 0 Å². The Bertz CT molecular complexity index is 1080. The molecular weight excluding hydrogens is 481 g/mol. The van der Waals surface area contributed by atoms with Gasteiger partial charge in [-0.1, -0.05) is 47.5 Å². The summed E-state index contributed by atoms with van der Waals surface area (Å²) in [5.41, 5.74) is 3.26. The number of nitrogens with one attached hydrogen (secondary N) is 1. The van der Waals surface area contributed by atoms with Crippen molar-refractivity contribution in [1.29, 1.82) is 0 Å². The van der Waals surface area contributed by atoms with Gasteiger partial charge in [0.1, 0.15) is 0 Å². The van der Waals surface area contributed by atoms with Crippen LogP contribution in [0.15, 0.2) is 42.5 Å². The van der Waals surface area contributed by atoms with Gasteiger partial charge in [0.05, 0.1) is 16.1 Å². The third kappa shape index (κ3) is 5.52. The minimum absolute atomic E-state index is 0.0154. The van der Waals surface area contributed by atoms with Crippen molar-refractivity contribution in [2.24, 2.45) is 5.92 Å². The highest BCUT2D eigenvalue weighted by Crippen LogP contribution is 2.31. The average molecular weight is 514 g/mol. The molecule has 0 radical (unpaired) electrons. The summed E-state index contributed by atoms with van der Waals surface area (Å²) in [4.78, 5) is 30.4. The Balaban J connectivity index is 1.09. The lowest BCUT2D eigenvalue weighted by Crippen LogP contribution is -2.50. The Morgan fingerprint density at radius 3 is 2.34 bits per heavy atom. The number of carbonyl (C=O) groups is 2. The topological polar surface area (TPSA) is 52.7 Å². The molecule has 35 heavy (non-hydrogen) atoms. The van der Waals surface area contributed by atoms with Crippen LogP contribution in [-0.4, -0.2) is 53.8 Å². The minimum Gasteiger partial charge on any atom is -0.349 e. The molecule has 5 rings (SSSR count). The first-order valence-corrected chi connectivity index (χ1v) is 13.6. The monoisotopic (exact) mass is 513 g/mol. The molecule has 2 saturated heterocycles. The molecule has 0 spiro atoms. The molecule has 7 heteroatoms. The lowest BCUT2D eigenvalue weighted by Gasteiger charge is -2.41. The number of hydrogen-bond donors (Lipinski definition) is 1. The standard InChI is InChI=1S/C28H33Cl2N3O2/c29-24-9-8-21(18-25(24)30)28(35)33-16-12-22(13-17-33)32-14-10-20(11-15-32)27(34)31-26-7-3-5-19-4-1-2-6-23(19)26/h1-2,4,6,8-9,18,20,22,26H,3,5,7,10-17H2,(H,31,34). The molecule has 0 bridgehead atoms. The fourth-order valence-electron chi connectivity index (χ4n) is 5.97. The van der Waals surface area contributed by atoms with E-state index in [0.29, 0.717) is 21.7 Å². The van der Waals surface area contributed by atoms with Crippen molar-refractivity contribution in [3.8, 4) is 0 Å². The Kier molecular flexibility index (Phi) is 7.66. The highest BCUT2D eigenvalue weighted by molar-refractivity contribution is 6.42. The van der Waals surface area contributed by atoms with Crippen LogP contribution in [0.25, 0.3) is 0 Å². The van der Waals surface area contributed by atoms with Crippen LogP contribution in [0.2, 0.25) is 10.0 Å². The number of halogens is 2. The first-order valence-electron chi connectivity index (χ1n) is 12.9. The van der Waals surface area contributed by atoms with Crippen LogP contribution >= 0.6 is 23.2 Å². The highest BCUT2D eigenvalue weighted by Gasteiger charge is 2.33. The van der Waals surface area contributed by atoms with Gasteiger partial charge in [-0.15, -0.1) is 0 Å². The van der Waals surface area contributed by atoms with E-state index in [2.05, 4.69) is 34.5 Å². The number of carbonyl (C=O) groups excluding carboxylic acids is 2. The summed E-state index contributed by atoms with van der Waals surface area (Å²) in [7, 11) is 0. The zero-order valence-corrected chi connectivity index (χ0v) is 21.5. The summed E-state index contributed by atoms with van der Waals surface area (Å²) in [6.45, 7) is 3.38. The lowest BCUT2D eigenvalue weighted by atomic mass is 9.86. The smallest absolute Gasteiger partial charge is 0.253 e. The number of nitrogens with zero attached hydrogens (tertiary/aromatic N) is 2. The molecule has 2 fully saturated rings. The van der Waals surface area contributed by atoms with Gasteiger partial charge in [0, 0.05) is 30.6 Å². The number of aryl methyl sites for hydroxylation is 1. The highest BCUT2D eigenvalue weighted by atomic mass is 35.5. The predicted octanol–water partition coefficient (Wildman–Crippen LogP) is 5.50. The number of hydrogen-bond acceptors (Lipinski definition) is 3. The molecular formula is C28H33Cl2N3O2. The maximum absolute atomic E-state index is 13.1. The number of likely N-dealkylation sites (tertiary alicyclic amines) is 2. The number of fused-ring (bicyclic) bond motifs is 1. The largest absolute Gasteiger partial charge is 0.349 e. The molecule has 0 aromatic heterocycles. The number of rotatable bonds is 4. The van der Waals surface area contributed by atoms with Crippen molar-refractivity contribution < 1.29 is 9.59 Å². The average Bonchev–Trinajstić information content (AvgIpc) is 2.90. The lowest BCUT2D eigenvalue weighted by molar-refractivity contribution is -0.127. The Hall–Kier alpha value is -2.08. The molecule has 0 saturated carbocycles. The van der Waals surface area contributed by atoms with Crippen LogP contribution in [0.1, 0.15) is 66.1 Å². The van der Waals surface area contributed by atoms with Gasteiger partial charge in [-0.2, -0.15) is 0 Å². The van der Waals surface area contributed by atoms with Crippen LogP contribution in [0.4, 0.5) is 0 Å². The molecule has 2 heterocycles. The van der Waals surface area contributed by atoms with Gasteiger partial charge in [-0.05, 0) is 87.4 Å². The third-order valence-corrected chi connectivity index (χ3v) is 8.76. The van der Waals surface area contributed by atoms with Gasteiger partial charge in [0.2, 0.25) is 5.91 Å². The summed E-state index contributed by atoms with van der Waals surface area (Å²) in [6, 6.07) is 14.2. The van der Waals surface area contributed by atoms with E-state index < -0.39 is 0 Å². The van der Waals surface area contributed by atoms with Gasteiger partial charge in [0.25, 0.3) is 5.91 Å². The van der Waals surface area contributed by atoms with Crippen LogP contribution < -0.4 is 5.32 Å². The first kappa shape index (κ1) is 24.6. The zero-order valence-electron chi connectivity index (χ0n) is 20.0. The summed E-state index contributed by atoms with van der Waals surface area (Å²) in [5.74, 6) is 0.326. The fourth-order valence-corrected chi connectivity index (χ4v) is 6.26. The van der Waals surface area contributed by atoms with E-state index in [1.54, 1.807) is 18.2 Å². The molecule has 3 aliphatic rings. The molecule has 1 atom stereocenters. The van der Waals surface area contributed by atoms with E-state index in [0.717, 1.165) is 71.1 Å². The maximum Gasteiger partial charge on any atom is 0.253 e. The van der Waals surface area contributed by atoms with E-state index in [1.807, 2.05) is 4.90 Å². The normalized spacial score (nSPS) is 22.0. The second-order valence-corrected chi connectivity index (χ2v) is 10.9. The molecule has 2 aliphatic heterocycles. The second kappa shape index (κ2) is 10.9. The maximum atomic E-state index is 13.1. The molecule has 1 aliphatic carbocycles. The summed E-state index contributed by atoms with van der Waals surface area (Å²) < 4.78 is 0. The SMILES string of the molecule is O=C(NC1CCCc2ccccc21)C1CCN(C2CCN(C(=O)c3ccc(Cl)c(Cl)c3)CC2)CC1. The van der Waals surface area contributed by atoms with E-state index in [-0.39, 0.29) is 23.8 Å². The molecule has 186 valence electrons. The number of piperidine rings is 2. The number of amides is 2. The summed E-state index contributed by atoms with van der Waals surface area (Å²) in [6.07, 6.45) is 7.00. The Morgan fingerprint density at radius 2 is 1.60 bits per heavy atom. The van der Waals surface area contributed by atoms with E-state index in [9.17, 15) is 9.59 Å². The van der Waals surface area contributed by atoms with Gasteiger partial charge < -0.3 is 15.1 Å². The second-order valence-electron chi connectivity index (χ2n) is 10.1. The van der Waals surface area contributed by atoms with Crippen molar-refractivity contribution in [3.63, 3.8) is 0 Å². The quantitative estimate of drug-likeness (QED) is 0.586. The fraction of sp³-hybridized carbons (Fsp3) is 0.500. The van der Waals surface area contributed by atoms with Gasteiger partial charge in [0.15, 0.2) is 0 Å². The predicted molar refractivity (Wildman–Crippen MR) is 140 cm³/mol. The molecule has 2 aromatic carbocycles. The molecule has 1 unspecified atom stereocenters. The molecule has 2 amide bonds. The van der Waals surface area contributed by atoms with Crippen molar-refractivity contribution in [3.05, 3.63) is 69.2 Å². The van der Waals surface area contributed by atoms with Gasteiger partial charge >= 0.3 is 0 Å². The van der Waals surface area contributed by atoms with Crippen molar-refractivity contribution >= 4 is 35.0 Å². The first-order chi connectivity index (χ1) is 17.0. The van der Waals surface area contributed by atoms with Crippen LogP contribution in [0, 0.1) is 5.92 Å². The molecule has 1 N–H and O–H groups in total. The minimum atomic E-state index is 0.0154. The van der Waals surface area contributed by atoms with Crippen molar-refractivity contribution in [1.82, 2.24) is 15.1 Å². The van der Waals surface area contributed by atoms with Crippen molar-refractivity contribution in [2.75, 3.05) is 26.2 Å². The van der Waals surface area contributed by atoms with Crippen LogP contribution in [0.3, 0.4) is 0 Å². The molecule has 2 aromatic rings. The van der Waals surface area contributed by atoms with E-state index in [1.165, 1.54) is 11.1 Å². The Labute approximate surface area is 217 Å². The number of benzene rings is 2. The molecule has 5 nitrogen and oxygen atoms in total. The Morgan fingerprint density at radius 1 is 0.857 bits per heavy atom. The van der Waals surface area contributed by atoms with E-state index >= 15 is 0 Å². The third-order valence-electron chi connectivity index (χ3n) is 8.02. The van der Waals surface area contributed by atoms with Crippen LogP contribution in [-0.2, 0) is 11.2 Å². The van der Waals surface area contributed by atoms with E-state index in [4.69, 9.17) is 23.2 Å². The van der Waals surface area contributed by atoms with Crippen molar-refractivity contribution in [2.45, 2.75) is 57.0 Å².